The molecule has 4 heteroatoms. The molecule has 0 radical (unpaired) electrons. The van der Waals surface area contributed by atoms with E-state index in [1.165, 1.54) is 16.8 Å². The third-order valence-corrected chi connectivity index (χ3v) is 4.21. The average molecular weight is 244 g/mol. The Morgan fingerprint density at radius 1 is 1.35 bits per heavy atom. The SMILES string of the molecule is O=C(c1cncnc1)C1CCCc2sccc21. The van der Waals surface area contributed by atoms with Gasteiger partial charge in [0.15, 0.2) is 5.78 Å². The van der Waals surface area contributed by atoms with Gasteiger partial charge in [0.2, 0.25) is 0 Å². The summed E-state index contributed by atoms with van der Waals surface area (Å²) in [5.41, 5.74) is 1.84. The fourth-order valence-electron chi connectivity index (χ4n) is 2.39. The minimum Gasteiger partial charge on any atom is -0.293 e. The second-order valence-electron chi connectivity index (χ2n) is 4.24. The zero-order valence-corrected chi connectivity index (χ0v) is 10.1. The number of rotatable bonds is 2. The van der Waals surface area contributed by atoms with Gasteiger partial charge < -0.3 is 0 Å². The molecule has 0 saturated heterocycles. The number of hydrogen-bond acceptors (Lipinski definition) is 4. The van der Waals surface area contributed by atoms with Crippen LogP contribution in [0, 0.1) is 0 Å². The molecule has 0 spiro atoms. The van der Waals surface area contributed by atoms with Gasteiger partial charge in [-0.2, -0.15) is 0 Å². The maximum atomic E-state index is 12.4. The summed E-state index contributed by atoms with van der Waals surface area (Å²) in [6, 6.07) is 2.09. The average Bonchev–Trinajstić information content (AvgIpc) is 2.87. The molecule has 2 heterocycles. The number of ketones is 1. The monoisotopic (exact) mass is 244 g/mol. The van der Waals surface area contributed by atoms with Gasteiger partial charge in [0.25, 0.3) is 0 Å². The van der Waals surface area contributed by atoms with E-state index < -0.39 is 0 Å². The Morgan fingerprint density at radius 3 is 3.00 bits per heavy atom. The van der Waals surface area contributed by atoms with Crippen LogP contribution < -0.4 is 0 Å². The van der Waals surface area contributed by atoms with Crippen LogP contribution in [-0.2, 0) is 6.42 Å². The molecule has 1 atom stereocenters. The van der Waals surface area contributed by atoms with Crippen LogP contribution in [0.3, 0.4) is 0 Å². The Hall–Kier alpha value is -1.55. The van der Waals surface area contributed by atoms with Gasteiger partial charge in [-0.05, 0) is 36.3 Å². The van der Waals surface area contributed by atoms with Crippen molar-refractivity contribution in [2.45, 2.75) is 25.2 Å². The van der Waals surface area contributed by atoms with Crippen molar-refractivity contribution in [2.75, 3.05) is 0 Å². The number of aromatic nitrogens is 2. The smallest absolute Gasteiger partial charge is 0.173 e. The number of aryl methyl sites for hydroxylation is 1. The summed E-state index contributed by atoms with van der Waals surface area (Å²) in [7, 11) is 0. The van der Waals surface area contributed by atoms with E-state index in [1.54, 1.807) is 23.7 Å². The molecule has 1 aliphatic carbocycles. The molecule has 1 unspecified atom stereocenters. The van der Waals surface area contributed by atoms with E-state index in [0.717, 1.165) is 19.3 Å². The van der Waals surface area contributed by atoms with Crippen LogP contribution in [0.5, 0.6) is 0 Å². The van der Waals surface area contributed by atoms with Crippen molar-refractivity contribution in [3.63, 3.8) is 0 Å². The summed E-state index contributed by atoms with van der Waals surface area (Å²) in [5.74, 6) is 0.168. The standard InChI is InChI=1S/C13H12N2OS/c16-13(9-6-14-8-15-7-9)11-2-1-3-12-10(11)4-5-17-12/h4-8,11H,1-3H2. The van der Waals surface area contributed by atoms with Crippen LogP contribution in [-0.4, -0.2) is 15.8 Å². The normalized spacial score (nSPS) is 18.7. The molecule has 0 aliphatic heterocycles. The van der Waals surface area contributed by atoms with Crippen LogP contribution in [0.2, 0.25) is 0 Å². The van der Waals surface area contributed by atoms with Gasteiger partial charge in [0, 0.05) is 23.2 Å². The highest BCUT2D eigenvalue weighted by Gasteiger charge is 2.28. The molecule has 17 heavy (non-hydrogen) atoms. The van der Waals surface area contributed by atoms with Crippen molar-refractivity contribution in [1.29, 1.82) is 0 Å². The number of fused-ring (bicyclic) bond motifs is 1. The van der Waals surface area contributed by atoms with Crippen LogP contribution in [0.4, 0.5) is 0 Å². The van der Waals surface area contributed by atoms with Gasteiger partial charge in [-0.25, -0.2) is 9.97 Å². The largest absolute Gasteiger partial charge is 0.293 e. The maximum Gasteiger partial charge on any atom is 0.173 e. The summed E-state index contributed by atoms with van der Waals surface area (Å²) in [5, 5.41) is 2.08. The van der Waals surface area contributed by atoms with E-state index in [9.17, 15) is 4.79 Å². The Labute approximate surface area is 104 Å². The molecule has 3 rings (SSSR count). The van der Waals surface area contributed by atoms with Crippen molar-refractivity contribution in [3.8, 4) is 0 Å². The lowest BCUT2D eigenvalue weighted by atomic mass is 9.83. The minimum atomic E-state index is 0.0102. The quantitative estimate of drug-likeness (QED) is 0.763. The lowest BCUT2D eigenvalue weighted by molar-refractivity contribution is 0.0950. The van der Waals surface area contributed by atoms with Gasteiger partial charge in [0.1, 0.15) is 6.33 Å². The molecular formula is C13H12N2OS. The lowest BCUT2D eigenvalue weighted by Crippen LogP contribution is -2.17. The molecular weight excluding hydrogens is 232 g/mol. The van der Waals surface area contributed by atoms with Gasteiger partial charge >= 0.3 is 0 Å². The summed E-state index contributed by atoms with van der Waals surface area (Å²) in [4.78, 5) is 21.6. The first kappa shape index (κ1) is 10.6. The van der Waals surface area contributed by atoms with E-state index in [2.05, 4.69) is 21.4 Å². The first-order valence-corrected chi connectivity index (χ1v) is 6.59. The minimum absolute atomic E-state index is 0.0102. The highest BCUT2D eigenvalue weighted by molar-refractivity contribution is 7.10. The van der Waals surface area contributed by atoms with Crippen LogP contribution >= 0.6 is 11.3 Å². The van der Waals surface area contributed by atoms with E-state index >= 15 is 0 Å². The lowest BCUT2D eigenvalue weighted by Gasteiger charge is -2.21. The molecule has 0 N–H and O–H groups in total. The molecule has 86 valence electrons. The van der Waals surface area contributed by atoms with Gasteiger partial charge in [-0.1, -0.05) is 0 Å². The molecule has 3 nitrogen and oxygen atoms in total. The number of carbonyl (C=O) groups excluding carboxylic acids is 1. The fraction of sp³-hybridized carbons (Fsp3) is 0.308. The summed E-state index contributed by atoms with van der Waals surface area (Å²) >= 11 is 1.76. The predicted molar refractivity (Wildman–Crippen MR) is 66.4 cm³/mol. The fourth-order valence-corrected chi connectivity index (χ4v) is 3.37. The van der Waals surface area contributed by atoms with E-state index in [4.69, 9.17) is 0 Å². The Kier molecular flexibility index (Phi) is 2.73. The third-order valence-electron chi connectivity index (χ3n) is 3.21. The van der Waals surface area contributed by atoms with Crippen molar-refractivity contribution in [1.82, 2.24) is 9.97 Å². The van der Waals surface area contributed by atoms with Gasteiger partial charge in [0.05, 0.1) is 5.56 Å². The molecule has 2 aromatic rings. The highest BCUT2D eigenvalue weighted by Crippen LogP contribution is 2.36. The zero-order chi connectivity index (χ0) is 11.7. The molecule has 2 aromatic heterocycles. The molecule has 0 saturated carbocycles. The topological polar surface area (TPSA) is 42.9 Å². The first-order chi connectivity index (χ1) is 8.36. The summed E-state index contributed by atoms with van der Waals surface area (Å²) in [6.45, 7) is 0. The van der Waals surface area contributed by atoms with Crippen molar-refractivity contribution in [3.05, 3.63) is 46.2 Å². The number of thiophene rings is 1. The second kappa shape index (κ2) is 4.37. The molecule has 0 amide bonds. The van der Waals surface area contributed by atoms with E-state index in [-0.39, 0.29) is 11.7 Å². The number of carbonyl (C=O) groups is 1. The zero-order valence-electron chi connectivity index (χ0n) is 9.30. The molecule has 0 fully saturated rings. The van der Waals surface area contributed by atoms with E-state index in [0.29, 0.717) is 5.56 Å². The molecule has 0 bridgehead atoms. The molecule has 0 aromatic carbocycles. The van der Waals surface area contributed by atoms with E-state index in [1.807, 2.05) is 0 Å². The van der Waals surface area contributed by atoms with Gasteiger partial charge in [-0.3, -0.25) is 4.79 Å². The third kappa shape index (κ3) is 1.89. The molecule has 1 aliphatic rings. The van der Waals surface area contributed by atoms with Crippen molar-refractivity contribution < 1.29 is 4.79 Å². The number of Topliss-reactive ketones (excluding diaryl/α,β-unsaturated/α-hetero) is 1. The maximum absolute atomic E-state index is 12.4. The Balaban J connectivity index is 1.95. The predicted octanol–water partition coefficient (Wildman–Crippen LogP) is 2.84. The first-order valence-electron chi connectivity index (χ1n) is 5.72. The second-order valence-corrected chi connectivity index (χ2v) is 5.24. The number of nitrogens with zero attached hydrogens (tertiary/aromatic N) is 2. The van der Waals surface area contributed by atoms with Crippen molar-refractivity contribution in [2.24, 2.45) is 0 Å². The highest BCUT2D eigenvalue weighted by atomic mass is 32.1. The van der Waals surface area contributed by atoms with Crippen LogP contribution in [0.25, 0.3) is 0 Å². The van der Waals surface area contributed by atoms with Crippen molar-refractivity contribution >= 4 is 17.1 Å². The summed E-state index contributed by atoms with van der Waals surface area (Å²) < 4.78 is 0. The summed E-state index contributed by atoms with van der Waals surface area (Å²) in [6.07, 6.45) is 7.82. The Bertz CT molecular complexity index is 535. The number of hydrogen-bond donors (Lipinski definition) is 0. The van der Waals surface area contributed by atoms with Gasteiger partial charge in [-0.15, -0.1) is 11.3 Å². The van der Waals surface area contributed by atoms with Crippen LogP contribution in [0.1, 0.15) is 39.6 Å². The van der Waals surface area contributed by atoms with Crippen LogP contribution in [0.15, 0.2) is 30.2 Å². The Morgan fingerprint density at radius 2 is 2.18 bits per heavy atom.